The van der Waals surface area contributed by atoms with Crippen LogP contribution in [0.15, 0.2) is 21.1 Å². The molecule has 2 N–H and O–H groups in total. The highest BCUT2D eigenvalue weighted by molar-refractivity contribution is 9.10. The van der Waals surface area contributed by atoms with Gasteiger partial charge in [0.05, 0.1) is 4.47 Å². The van der Waals surface area contributed by atoms with Gasteiger partial charge in [-0.2, -0.15) is 0 Å². The highest BCUT2D eigenvalue weighted by atomic mass is 79.9. The molecule has 1 aromatic heterocycles. The summed E-state index contributed by atoms with van der Waals surface area (Å²) in [6, 6.07) is 3.22. The van der Waals surface area contributed by atoms with Gasteiger partial charge in [-0.05, 0) is 58.8 Å². The van der Waals surface area contributed by atoms with Gasteiger partial charge in [0.25, 0.3) is 0 Å². The second kappa shape index (κ2) is 5.52. The zero-order chi connectivity index (χ0) is 15.0. The van der Waals surface area contributed by atoms with E-state index < -0.39 is 5.97 Å². The second-order valence-corrected chi connectivity index (χ2v) is 5.96. The maximum atomic E-state index is 10.9. The van der Waals surface area contributed by atoms with Crippen LogP contribution in [0.5, 0.6) is 5.75 Å². The predicted molar refractivity (Wildman–Crippen MR) is 79.5 cm³/mol. The van der Waals surface area contributed by atoms with Crippen LogP contribution in [0.25, 0.3) is 11.3 Å². The van der Waals surface area contributed by atoms with E-state index in [-0.39, 0.29) is 11.5 Å². The zero-order valence-corrected chi connectivity index (χ0v) is 12.8. The third kappa shape index (κ3) is 2.55. The number of benzene rings is 1. The molecule has 2 aromatic rings. The first-order chi connectivity index (χ1) is 10.1. The van der Waals surface area contributed by atoms with E-state index in [2.05, 4.69) is 21.1 Å². The largest absolute Gasteiger partial charge is 0.506 e. The van der Waals surface area contributed by atoms with Crippen LogP contribution in [0.1, 0.15) is 40.9 Å². The van der Waals surface area contributed by atoms with Crippen molar-refractivity contribution in [1.82, 2.24) is 5.16 Å². The summed E-state index contributed by atoms with van der Waals surface area (Å²) in [7, 11) is 0. The van der Waals surface area contributed by atoms with Gasteiger partial charge >= 0.3 is 5.97 Å². The summed E-state index contributed by atoms with van der Waals surface area (Å²) in [6.07, 6.45) is 5.28. The van der Waals surface area contributed by atoms with Crippen molar-refractivity contribution in [1.29, 1.82) is 0 Å². The van der Waals surface area contributed by atoms with Gasteiger partial charge in [-0.3, -0.25) is 0 Å². The number of aromatic hydroxyl groups is 1. The SMILES string of the molecule is O=C(O)c1cc(-c2cc3c(c(Br)c2O)CCCCC3)no1. The minimum absolute atomic E-state index is 0.0842. The molecule has 1 heterocycles. The molecular weight excluding hydrogens is 338 g/mol. The maximum Gasteiger partial charge on any atom is 0.374 e. The van der Waals surface area contributed by atoms with Crippen LogP contribution in [0.3, 0.4) is 0 Å². The summed E-state index contributed by atoms with van der Waals surface area (Å²) in [6.45, 7) is 0. The summed E-state index contributed by atoms with van der Waals surface area (Å²) < 4.78 is 5.45. The van der Waals surface area contributed by atoms with Gasteiger partial charge in [0.1, 0.15) is 11.4 Å². The molecule has 0 atom stereocenters. The number of phenolic OH excluding ortho intramolecular Hbond substituents is 1. The number of hydrogen-bond donors (Lipinski definition) is 2. The van der Waals surface area contributed by atoms with E-state index in [1.807, 2.05) is 6.07 Å². The Balaban J connectivity index is 2.12. The van der Waals surface area contributed by atoms with E-state index in [0.717, 1.165) is 31.2 Å². The number of aryl methyl sites for hydroxylation is 1. The van der Waals surface area contributed by atoms with Crippen molar-refractivity contribution >= 4 is 21.9 Å². The van der Waals surface area contributed by atoms with Gasteiger partial charge in [-0.15, -0.1) is 0 Å². The van der Waals surface area contributed by atoms with Crippen LogP contribution >= 0.6 is 15.9 Å². The number of aromatic carboxylic acids is 1. The average molecular weight is 352 g/mol. The van der Waals surface area contributed by atoms with Crippen molar-refractivity contribution in [2.24, 2.45) is 0 Å². The first-order valence-corrected chi connectivity index (χ1v) is 7.61. The number of carboxylic acids is 1. The zero-order valence-electron chi connectivity index (χ0n) is 11.2. The van der Waals surface area contributed by atoms with Crippen LogP contribution in [0.2, 0.25) is 0 Å². The second-order valence-electron chi connectivity index (χ2n) is 5.17. The highest BCUT2D eigenvalue weighted by Gasteiger charge is 2.21. The quantitative estimate of drug-likeness (QED) is 0.804. The number of rotatable bonds is 2. The monoisotopic (exact) mass is 351 g/mol. The first kappa shape index (κ1) is 14.1. The molecule has 0 saturated carbocycles. The van der Waals surface area contributed by atoms with Gasteiger partial charge in [0, 0.05) is 11.6 Å². The van der Waals surface area contributed by atoms with E-state index in [0.29, 0.717) is 15.7 Å². The number of halogens is 1. The first-order valence-electron chi connectivity index (χ1n) is 6.81. The summed E-state index contributed by atoms with van der Waals surface area (Å²) in [4.78, 5) is 10.9. The smallest absolute Gasteiger partial charge is 0.374 e. The third-order valence-corrected chi connectivity index (χ3v) is 4.66. The molecule has 3 rings (SSSR count). The fraction of sp³-hybridized carbons (Fsp3) is 0.333. The van der Waals surface area contributed by atoms with E-state index in [4.69, 9.17) is 9.63 Å². The van der Waals surface area contributed by atoms with Gasteiger partial charge in [-0.1, -0.05) is 11.6 Å². The lowest BCUT2D eigenvalue weighted by Gasteiger charge is -2.13. The number of phenols is 1. The lowest BCUT2D eigenvalue weighted by molar-refractivity contribution is 0.0652. The van der Waals surface area contributed by atoms with Crippen molar-refractivity contribution in [3.8, 4) is 17.0 Å². The van der Waals surface area contributed by atoms with Crippen LogP contribution < -0.4 is 0 Å². The van der Waals surface area contributed by atoms with Crippen LogP contribution in [0, 0.1) is 0 Å². The lowest BCUT2D eigenvalue weighted by Crippen LogP contribution is -1.95. The number of nitrogens with zero attached hydrogens (tertiary/aromatic N) is 1. The minimum atomic E-state index is -1.18. The molecule has 1 aromatic carbocycles. The third-order valence-electron chi connectivity index (χ3n) is 3.80. The number of carboxylic acid groups (broad SMARTS) is 1. The Kier molecular flexibility index (Phi) is 3.71. The van der Waals surface area contributed by atoms with E-state index in [1.165, 1.54) is 18.1 Å². The molecule has 0 saturated heterocycles. The molecule has 1 aliphatic carbocycles. The molecule has 0 bridgehead atoms. The van der Waals surface area contributed by atoms with Gasteiger partial charge in [0.15, 0.2) is 0 Å². The van der Waals surface area contributed by atoms with Crippen molar-refractivity contribution < 1.29 is 19.5 Å². The Morgan fingerprint density at radius 3 is 2.71 bits per heavy atom. The number of carbonyl (C=O) groups is 1. The normalized spacial score (nSPS) is 14.5. The minimum Gasteiger partial charge on any atom is -0.506 e. The fourth-order valence-corrected chi connectivity index (χ4v) is 3.38. The number of aromatic nitrogens is 1. The van der Waals surface area contributed by atoms with Crippen molar-refractivity contribution in [3.05, 3.63) is 33.5 Å². The number of fused-ring (bicyclic) bond motifs is 1. The van der Waals surface area contributed by atoms with Crippen molar-refractivity contribution in [3.63, 3.8) is 0 Å². The average Bonchev–Trinajstić information content (AvgIpc) is 2.83. The predicted octanol–water partition coefficient (Wildman–Crippen LogP) is 3.78. The van der Waals surface area contributed by atoms with Crippen molar-refractivity contribution in [2.45, 2.75) is 32.1 Å². The molecule has 110 valence electrons. The van der Waals surface area contributed by atoms with E-state index in [9.17, 15) is 9.90 Å². The molecule has 0 unspecified atom stereocenters. The highest BCUT2D eigenvalue weighted by Crippen LogP contribution is 2.41. The molecule has 21 heavy (non-hydrogen) atoms. The van der Waals surface area contributed by atoms with Crippen LogP contribution in [-0.2, 0) is 12.8 Å². The van der Waals surface area contributed by atoms with Crippen LogP contribution in [-0.4, -0.2) is 21.3 Å². The van der Waals surface area contributed by atoms with E-state index >= 15 is 0 Å². The van der Waals surface area contributed by atoms with Crippen LogP contribution in [0.4, 0.5) is 0 Å². The maximum absolute atomic E-state index is 10.9. The Morgan fingerprint density at radius 1 is 1.24 bits per heavy atom. The Morgan fingerprint density at radius 2 is 2.00 bits per heavy atom. The summed E-state index contributed by atoms with van der Waals surface area (Å²) >= 11 is 3.46. The van der Waals surface area contributed by atoms with Gasteiger partial charge in [-0.25, -0.2) is 4.79 Å². The molecule has 5 nitrogen and oxygen atoms in total. The lowest BCUT2D eigenvalue weighted by atomic mass is 9.97. The molecular formula is C15H14BrNO4. The Bertz CT molecular complexity index is 708. The van der Waals surface area contributed by atoms with Crippen molar-refractivity contribution in [2.75, 3.05) is 0 Å². The molecule has 1 aliphatic rings. The van der Waals surface area contributed by atoms with Gasteiger partial charge < -0.3 is 14.7 Å². The molecule has 0 spiro atoms. The number of hydrogen-bond acceptors (Lipinski definition) is 4. The molecule has 0 amide bonds. The fourth-order valence-electron chi connectivity index (χ4n) is 2.72. The van der Waals surface area contributed by atoms with E-state index in [1.54, 1.807) is 0 Å². The molecule has 0 radical (unpaired) electrons. The summed E-state index contributed by atoms with van der Waals surface area (Å²) in [5, 5.41) is 23.0. The molecule has 0 aliphatic heterocycles. The standard InChI is InChI=1S/C15H14BrNO4/c16-13-9-5-3-1-2-4-8(9)6-10(14(13)18)11-7-12(15(19)20)21-17-11/h6-7,18H,1-5H2,(H,19,20). The summed E-state index contributed by atoms with van der Waals surface area (Å²) in [5.41, 5.74) is 3.14. The Labute approximate surface area is 129 Å². The molecule has 6 heteroatoms. The Hall–Kier alpha value is -1.82. The summed E-state index contributed by atoms with van der Waals surface area (Å²) in [5.74, 6) is -1.33. The topological polar surface area (TPSA) is 83.6 Å². The molecule has 0 fully saturated rings. The van der Waals surface area contributed by atoms with Gasteiger partial charge in [0.2, 0.25) is 5.76 Å².